The summed E-state index contributed by atoms with van der Waals surface area (Å²) in [5.41, 5.74) is 3.47. The lowest BCUT2D eigenvalue weighted by molar-refractivity contribution is 0.0969. The molecule has 0 unspecified atom stereocenters. The van der Waals surface area contributed by atoms with Crippen LogP contribution in [0.15, 0.2) is 0 Å². The number of aromatic nitrogens is 2. The van der Waals surface area contributed by atoms with E-state index in [0.717, 1.165) is 56.5 Å². The molecule has 0 bridgehead atoms. The number of nitrogens with one attached hydrogen (secondary N) is 1. The minimum Gasteiger partial charge on any atom is -0.317 e. The maximum atomic E-state index is 12.6. The van der Waals surface area contributed by atoms with Crippen molar-refractivity contribution in [3.8, 4) is 0 Å². The highest BCUT2D eigenvalue weighted by Gasteiger charge is 2.33. The van der Waals surface area contributed by atoms with Gasteiger partial charge in [0.2, 0.25) is 0 Å². The number of carbonyl (C=O) groups excluding carboxylic acids is 1. The van der Waals surface area contributed by atoms with Crippen LogP contribution in [0.3, 0.4) is 0 Å². The van der Waals surface area contributed by atoms with Crippen LogP contribution < -0.4 is 5.32 Å². The van der Waals surface area contributed by atoms with E-state index in [1.165, 1.54) is 37.8 Å². The molecule has 4 rings (SSSR count). The van der Waals surface area contributed by atoms with E-state index in [9.17, 15) is 4.79 Å². The van der Waals surface area contributed by atoms with E-state index in [1.807, 2.05) is 0 Å². The van der Waals surface area contributed by atoms with Crippen LogP contribution in [0.2, 0.25) is 0 Å². The van der Waals surface area contributed by atoms with Crippen LogP contribution in [0.5, 0.6) is 0 Å². The number of carbonyl (C=O) groups is 1. The zero-order valence-electron chi connectivity index (χ0n) is 13.4. The van der Waals surface area contributed by atoms with Gasteiger partial charge in [0, 0.05) is 18.0 Å². The molecule has 0 atom stereocenters. The first-order chi connectivity index (χ1) is 10.8. The summed E-state index contributed by atoms with van der Waals surface area (Å²) in [6.07, 6.45) is 11.5. The summed E-state index contributed by atoms with van der Waals surface area (Å²) in [5.74, 6) is 0.898. The van der Waals surface area contributed by atoms with Gasteiger partial charge in [-0.25, -0.2) is 0 Å². The molecule has 0 amide bonds. The Morgan fingerprint density at radius 1 is 0.955 bits per heavy atom. The van der Waals surface area contributed by atoms with Crippen molar-refractivity contribution in [2.45, 2.75) is 76.2 Å². The second-order valence-electron chi connectivity index (χ2n) is 7.24. The van der Waals surface area contributed by atoms with Crippen LogP contribution in [0, 0.1) is 0 Å². The molecule has 0 spiro atoms. The molecule has 1 aromatic heterocycles. The quantitative estimate of drug-likeness (QED) is 0.911. The Labute approximate surface area is 132 Å². The number of nitrogens with zero attached hydrogens (tertiary/aromatic N) is 2. The molecule has 0 radical (unpaired) electrons. The van der Waals surface area contributed by atoms with Gasteiger partial charge < -0.3 is 5.32 Å². The van der Waals surface area contributed by atoms with Gasteiger partial charge in [-0.2, -0.15) is 5.10 Å². The van der Waals surface area contributed by atoms with Crippen molar-refractivity contribution in [3.63, 3.8) is 0 Å². The van der Waals surface area contributed by atoms with Crippen LogP contribution in [-0.4, -0.2) is 28.7 Å². The molecule has 4 nitrogen and oxygen atoms in total. The maximum Gasteiger partial charge on any atom is 0.166 e. The van der Waals surface area contributed by atoms with Crippen molar-refractivity contribution in [2.24, 2.45) is 0 Å². The van der Waals surface area contributed by atoms with Gasteiger partial charge in [-0.05, 0) is 51.6 Å². The fourth-order valence-corrected chi connectivity index (χ4v) is 4.59. The lowest BCUT2D eigenvalue weighted by Crippen LogP contribution is -2.31. The largest absolute Gasteiger partial charge is 0.317 e. The molecule has 4 heteroatoms. The van der Waals surface area contributed by atoms with Crippen LogP contribution in [0.4, 0.5) is 0 Å². The number of piperidine rings is 1. The second-order valence-corrected chi connectivity index (χ2v) is 7.24. The summed E-state index contributed by atoms with van der Waals surface area (Å²) in [6, 6.07) is 0.498. The average molecular weight is 301 g/mol. The van der Waals surface area contributed by atoms with Gasteiger partial charge >= 0.3 is 0 Å². The molecular formula is C18H27N3O. The molecule has 2 heterocycles. The van der Waals surface area contributed by atoms with E-state index < -0.39 is 0 Å². The lowest BCUT2D eigenvalue weighted by atomic mass is 9.82. The SMILES string of the molecule is O=C1CCCc2c1c(C1CCCCC1)nn2C1CCNCC1. The van der Waals surface area contributed by atoms with Gasteiger partial charge in [-0.15, -0.1) is 0 Å². The van der Waals surface area contributed by atoms with Gasteiger partial charge in [0.15, 0.2) is 5.78 Å². The first kappa shape index (κ1) is 14.4. The van der Waals surface area contributed by atoms with Gasteiger partial charge in [0.1, 0.15) is 0 Å². The number of hydrogen-bond donors (Lipinski definition) is 1. The minimum absolute atomic E-state index is 0.363. The molecule has 1 N–H and O–H groups in total. The average Bonchev–Trinajstić information content (AvgIpc) is 2.98. The van der Waals surface area contributed by atoms with Crippen LogP contribution in [0.25, 0.3) is 0 Å². The van der Waals surface area contributed by atoms with Gasteiger partial charge in [0.25, 0.3) is 0 Å². The van der Waals surface area contributed by atoms with Crippen molar-refractivity contribution in [3.05, 3.63) is 17.0 Å². The fraction of sp³-hybridized carbons (Fsp3) is 0.778. The Hall–Kier alpha value is -1.16. The third kappa shape index (κ3) is 2.51. The summed E-state index contributed by atoms with van der Waals surface area (Å²) in [6.45, 7) is 2.15. The molecule has 120 valence electrons. The predicted octanol–water partition coefficient (Wildman–Crippen LogP) is 3.37. The van der Waals surface area contributed by atoms with Gasteiger partial charge in [0.05, 0.1) is 17.3 Å². The number of fused-ring (bicyclic) bond motifs is 1. The summed E-state index contributed by atoms with van der Waals surface area (Å²) < 4.78 is 2.27. The van der Waals surface area contributed by atoms with E-state index in [-0.39, 0.29) is 0 Å². The van der Waals surface area contributed by atoms with E-state index in [0.29, 0.717) is 17.7 Å². The Kier molecular flexibility index (Phi) is 4.03. The summed E-state index contributed by atoms with van der Waals surface area (Å²) in [4.78, 5) is 12.6. The molecule has 2 fully saturated rings. The molecule has 1 saturated heterocycles. The van der Waals surface area contributed by atoms with Crippen molar-refractivity contribution in [1.82, 2.24) is 15.1 Å². The molecular weight excluding hydrogens is 274 g/mol. The van der Waals surface area contributed by atoms with Crippen LogP contribution in [-0.2, 0) is 6.42 Å². The van der Waals surface area contributed by atoms with Crippen molar-refractivity contribution in [1.29, 1.82) is 0 Å². The highest BCUT2D eigenvalue weighted by molar-refractivity contribution is 5.99. The van der Waals surface area contributed by atoms with Gasteiger partial charge in [-0.1, -0.05) is 19.3 Å². The van der Waals surface area contributed by atoms with E-state index in [4.69, 9.17) is 5.10 Å². The third-order valence-corrected chi connectivity index (χ3v) is 5.78. The van der Waals surface area contributed by atoms with Crippen molar-refractivity contribution >= 4 is 5.78 Å². The topological polar surface area (TPSA) is 46.9 Å². The molecule has 1 aliphatic heterocycles. The smallest absolute Gasteiger partial charge is 0.166 e. The Balaban J connectivity index is 1.73. The van der Waals surface area contributed by atoms with E-state index in [1.54, 1.807) is 0 Å². The van der Waals surface area contributed by atoms with Crippen molar-refractivity contribution in [2.75, 3.05) is 13.1 Å². The zero-order chi connectivity index (χ0) is 14.9. The normalized spacial score (nSPS) is 24.5. The fourth-order valence-electron chi connectivity index (χ4n) is 4.59. The third-order valence-electron chi connectivity index (χ3n) is 5.78. The molecule has 3 aliphatic rings. The second kappa shape index (κ2) is 6.15. The number of Topliss-reactive ketones (excluding diaryl/α,β-unsaturated/α-hetero) is 1. The lowest BCUT2D eigenvalue weighted by Gasteiger charge is -2.25. The van der Waals surface area contributed by atoms with E-state index in [2.05, 4.69) is 10.00 Å². The molecule has 0 aromatic carbocycles. The maximum absolute atomic E-state index is 12.6. The predicted molar refractivity (Wildman–Crippen MR) is 86.5 cm³/mol. The van der Waals surface area contributed by atoms with E-state index >= 15 is 0 Å². The summed E-state index contributed by atoms with van der Waals surface area (Å²) in [5, 5.41) is 8.49. The zero-order valence-corrected chi connectivity index (χ0v) is 13.4. The molecule has 1 saturated carbocycles. The number of rotatable bonds is 2. The van der Waals surface area contributed by atoms with Crippen molar-refractivity contribution < 1.29 is 4.79 Å². The number of hydrogen-bond acceptors (Lipinski definition) is 3. The first-order valence-electron chi connectivity index (χ1n) is 9.20. The Morgan fingerprint density at radius 3 is 2.50 bits per heavy atom. The monoisotopic (exact) mass is 301 g/mol. The van der Waals surface area contributed by atoms with Gasteiger partial charge in [-0.3, -0.25) is 9.48 Å². The summed E-state index contributed by atoms with van der Waals surface area (Å²) >= 11 is 0. The Morgan fingerprint density at radius 2 is 1.73 bits per heavy atom. The standard InChI is InChI=1S/C18H27N3O/c22-16-8-4-7-15-17(16)18(13-5-2-1-3-6-13)20-21(15)14-9-11-19-12-10-14/h13-14,19H,1-12H2. The highest BCUT2D eigenvalue weighted by atomic mass is 16.1. The Bertz CT molecular complexity index is 551. The minimum atomic E-state index is 0.363. The van der Waals surface area contributed by atoms with Crippen LogP contribution >= 0.6 is 0 Å². The highest BCUT2D eigenvalue weighted by Crippen LogP contribution is 2.38. The molecule has 1 aromatic rings. The molecule has 22 heavy (non-hydrogen) atoms. The van der Waals surface area contributed by atoms with Crippen LogP contribution in [0.1, 0.15) is 91.5 Å². The number of ketones is 1. The summed E-state index contributed by atoms with van der Waals surface area (Å²) in [7, 11) is 0. The first-order valence-corrected chi connectivity index (χ1v) is 9.20. The molecule has 2 aliphatic carbocycles.